The highest BCUT2D eigenvalue weighted by molar-refractivity contribution is 5.77. The smallest absolute Gasteiger partial charge is 0.233 e. The van der Waals surface area contributed by atoms with Crippen molar-refractivity contribution in [1.29, 1.82) is 0 Å². The summed E-state index contributed by atoms with van der Waals surface area (Å²) in [6.45, 7) is 5.58. The fourth-order valence-corrected chi connectivity index (χ4v) is 1.81. The highest BCUT2D eigenvalue weighted by Gasteiger charge is 2.19. The first kappa shape index (κ1) is 12.5. The molecule has 0 saturated carbocycles. The zero-order valence-corrected chi connectivity index (χ0v) is 9.88. The highest BCUT2D eigenvalue weighted by atomic mass is 16.1. The number of unbranched alkanes of at least 4 members (excludes halogenated alkanes) is 1. The van der Waals surface area contributed by atoms with Gasteiger partial charge in [0.25, 0.3) is 0 Å². The summed E-state index contributed by atoms with van der Waals surface area (Å²) in [6.07, 6.45) is 3.35. The van der Waals surface area contributed by atoms with E-state index in [1.54, 1.807) is 0 Å². The van der Waals surface area contributed by atoms with Crippen molar-refractivity contribution < 1.29 is 4.79 Å². The maximum Gasteiger partial charge on any atom is 0.233 e. The van der Waals surface area contributed by atoms with E-state index in [2.05, 4.69) is 29.5 Å². The summed E-state index contributed by atoms with van der Waals surface area (Å²) >= 11 is 0. The van der Waals surface area contributed by atoms with Gasteiger partial charge in [-0.3, -0.25) is 4.79 Å². The zero-order valence-electron chi connectivity index (χ0n) is 9.88. The van der Waals surface area contributed by atoms with Gasteiger partial charge >= 0.3 is 0 Å². The molecule has 2 N–H and O–H groups in total. The monoisotopic (exact) mass is 213 g/mol. The van der Waals surface area contributed by atoms with Crippen LogP contribution in [0.3, 0.4) is 0 Å². The van der Waals surface area contributed by atoms with Gasteiger partial charge in [0.05, 0.1) is 6.54 Å². The molecule has 1 aliphatic rings. The van der Waals surface area contributed by atoms with Crippen LogP contribution in [0.2, 0.25) is 0 Å². The maximum atomic E-state index is 11.4. The van der Waals surface area contributed by atoms with E-state index < -0.39 is 0 Å². The van der Waals surface area contributed by atoms with Crippen LogP contribution in [0.25, 0.3) is 0 Å². The molecule has 1 atom stereocenters. The Bertz CT molecular complexity index is 196. The minimum absolute atomic E-state index is 0.123. The van der Waals surface area contributed by atoms with Gasteiger partial charge in [-0.25, -0.2) is 0 Å². The Hall–Kier alpha value is -0.610. The van der Waals surface area contributed by atoms with Crippen molar-refractivity contribution >= 4 is 5.91 Å². The molecule has 0 aromatic rings. The molecule has 0 bridgehead atoms. The SMILES string of the molecule is CCCCNC(=O)CNC1CCN(C)C1. The number of likely N-dealkylation sites (N-methyl/N-ethyl adjacent to an activating group) is 1. The lowest BCUT2D eigenvalue weighted by Gasteiger charge is -2.12. The van der Waals surface area contributed by atoms with Gasteiger partial charge < -0.3 is 15.5 Å². The van der Waals surface area contributed by atoms with Crippen molar-refractivity contribution in [2.75, 3.05) is 33.2 Å². The molecule has 1 heterocycles. The summed E-state index contributed by atoms with van der Waals surface area (Å²) < 4.78 is 0. The van der Waals surface area contributed by atoms with E-state index in [0.717, 1.165) is 38.9 Å². The van der Waals surface area contributed by atoms with Crippen LogP contribution in [0.15, 0.2) is 0 Å². The van der Waals surface area contributed by atoms with Crippen LogP contribution < -0.4 is 10.6 Å². The first-order chi connectivity index (χ1) is 7.22. The molecule has 1 unspecified atom stereocenters. The van der Waals surface area contributed by atoms with Gasteiger partial charge in [0.1, 0.15) is 0 Å². The zero-order chi connectivity index (χ0) is 11.1. The fourth-order valence-electron chi connectivity index (χ4n) is 1.81. The third-order valence-corrected chi connectivity index (χ3v) is 2.80. The van der Waals surface area contributed by atoms with Gasteiger partial charge in [-0.2, -0.15) is 0 Å². The summed E-state index contributed by atoms with van der Waals surface area (Å²) in [7, 11) is 2.11. The molecule has 0 aromatic heterocycles. The van der Waals surface area contributed by atoms with Crippen LogP contribution in [0, 0.1) is 0 Å². The summed E-state index contributed by atoms with van der Waals surface area (Å²) in [5, 5.41) is 6.19. The van der Waals surface area contributed by atoms with E-state index in [4.69, 9.17) is 0 Å². The van der Waals surface area contributed by atoms with Crippen molar-refractivity contribution in [3.63, 3.8) is 0 Å². The molecular weight excluding hydrogens is 190 g/mol. The van der Waals surface area contributed by atoms with E-state index in [1.165, 1.54) is 0 Å². The Morgan fingerprint density at radius 1 is 1.53 bits per heavy atom. The standard InChI is InChI=1S/C11H23N3O/c1-3-4-6-12-11(15)8-13-10-5-7-14(2)9-10/h10,13H,3-9H2,1-2H3,(H,12,15). The number of carbonyl (C=O) groups is 1. The molecule has 1 saturated heterocycles. The molecule has 1 fully saturated rings. The predicted octanol–water partition coefficient (Wildman–Crippen LogP) is 0.196. The summed E-state index contributed by atoms with van der Waals surface area (Å²) in [5.74, 6) is 0.123. The number of amides is 1. The second-order valence-corrected chi connectivity index (χ2v) is 4.33. The van der Waals surface area contributed by atoms with Crippen LogP contribution in [0.1, 0.15) is 26.2 Å². The van der Waals surface area contributed by atoms with E-state index in [0.29, 0.717) is 12.6 Å². The van der Waals surface area contributed by atoms with Gasteiger partial charge in [0.2, 0.25) is 5.91 Å². The van der Waals surface area contributed by atoms with Crippen LogP contribution in [-0.4, -0.2) is 50.1 Å². The van der Waals surface area contributed by atoms with E-state index >= 15 is 0 Å². The van der Waals surface area contributed by atoms with Crippen molar-refractivity contribution in [3.8, 4) is 0 Å². The van der Waals surface area contributed by atoms with Crippen LogP contribution in [0.5, 0.6) is 0 Å². The van der Waals surface area contributed by atoms with E-state index in [-0.39, 0.29) is 5.91 Å². The summed E-state index contributed by atoms with van der Waals surface area (Å²) in [4.78, 5) is 13.7. The molecule has 4 heteroatoms. The lowest BCUT2D eigenvalue weighted by atomic mass is 10.2. The van der Waals surface area contributed by atoms with Gasteiger partial charge in [0.15, 0.2) is 0 Å². The Labute approximate surface area is 92.4 Å². The Morgan fingerprint density at radius 2 is 2.33 bits per heavy atom. The topological polar surface area (TPSA) is 44.4 Å². The molecule has 1 rings (SSSR count). The number of nitrogens with zero attached hydrogens (tertiary/aromatic N) is 1. The van der Waals surface area contributed by atoms with Gasteiger partial charge in [-0.05, 0) is 26.4 Å². The number of carbonyl (C=O) groups excluding carboxylic acids is 1. The van der Waals surface area contributed by atoms with Gasteiger partial charge in [0, 0.05) is 19.1 Å². The molecule has 0 aliphatic carbocycles. The third-order valence-electron chi connectivity index (χ3n) is 2.80. The molecule has 1 aliphatic heterocycles. The molecular formula is C11H23N3O. The molecule has 4 nitrogen and oxygen atoms in total. The average Bonchev–Trinajstić information content (AvgIpc) is 2.62. The number of likely N-dealkylation sites (tertiary alicyclic amines) is 1. The Balaban J connectivity index is 2.01. The Morgan fingerprint density at radius 3 is 2.93 bits per heavy atom. The van der Waals surface area contributed by atoms with Crippen LogP contribution in [0.4, 0.5) is 0 Å². The largest absolute Gasteiger partial charge is 0.355 e. The number of hydrogen-bond acceptors (Lipinski definition) is 3. The molecule has 1 amide bonds. The minimum atomic E-state index is 0.123. The highest BCUT2D eigenvalue weighted by Crippen LogP contribution is 2.05. The lowest BCUT2D eigenvalue weighted by molar-refractivity contribution is -0.120. The van der Waals surface area contributed by atoms with Gasteiger partial charge in [-0.1, -0.05) is 13.3 Å². The lowest BCUT2D eigenvalue weighted by Crippen LogP contribution is -2.40. The normalized spacial score (nSPS) is 21.9. The minimum Gasteiger partial charge on any atom is -0.355 e. The molecule has 0 aromatic carbocycles. The summed E-state index contributed by atoms with van der Waals surface area (Å²) in [5.41, 5.74) is 0. The molecule has 0 radical (unpaired) electrons. The molecule has 88 valence electrons. The maximum absolute atomic E-state index is 11.4. The Kier molecular flexibility index (Phi) is 5.65. The van der Waals surface area contributed by atoms with E-state index in [1.807, 2.05) is 0 Å². The van der Waals surface area contributed by atoms with Crippen molar-refractivity contribution in [1.82, 2.24) is 15.5 Å². The van der Waals surface area contributed by atoms with Crippen LogP contribution >= 0.6 is 0 Å². The third kappa shape index (κ3) is 5.14. The number of hydrogen-bond donors (Lipinski definition) is 2. The predicted molar refractivity (Wildman–Crippen MR) is 61.8 cm³/mol. The van der Waals surface area contributed by atoms with Crippen molar-refractivity contribution in [2.45, 2.75) is 32.2 Å². The first-order valence-corrected chi connectivity index (χ1v) is 5.91. The van der Waals surface area contributed by atoms with Crippen molar-refractivity contribution in [2.24, 2.45) is 0 Å². The quantitative estimate of drug-likeness (QED) is 0.619. The molecule has 0 spiro atoms. The molecule has 15 heavy (non-hydrogen) atoms. The first-order valence-electron chi connectivity index (χ1n) is 5.91. The van der Waals surface area contributed by atoms with E-state index in [9.17, 15) is 4.79 Å². The number of nitrogens with one attached hydrogen (secondary N) is 2. The fraction of sp³-hybridized carbons (Fsp3) is 0.909. The second kappa shape index (κ2) is 6.80. The average molecular weight is 213 g/mol. The van der Waals surface area contributed by atoms with Crippen molar-refractivity contribution in [3.05, 3.63) is 0 Å². The van der Waals surface area contributed by atoms with Crippen LogP contribution in [-0.2, 0) is 4.79 Å². The second-order valence-electron chi connectivity index (χ2n) is 4.33. The summed E-state index contributed by atoms with van der Waals surface area (Å²) in [6, 6.07) is 0.493. The number of rotatable bonds is 6. The van der Waals surface area contributed by atoms with Gasteiger partial charge in [-0.15, -0.1) is 0 Å².